The fourth-order valence-corrected chi connectivity index (χ4v) is 2.30. The molecular formula is C13H18O3S. The van der Waals surface area contributed by atoms with Crippen LogP contribution < -0.4 is 0 Å². The molecule has 1 atom stereocenters. The average molecular weight is 254 g/mol. The zero-order valence-electron chi connectivity index (χ0n) is 10.4. The van der Waals surface area contributed by atoms with Gasteiger partial charge in [-0.15, -0.1) is 0 Å². The monoisotopic (exact) mass is 254 g/mol. The molecule has 0 radical (unpaired) electrons. The van der Waals surface area contributed by atoms with Gasteiger partial charge in [0.2, 0.25) is 0 Å². The fraction of sp³-hybridized carbons (Fsp3) is 0.462. The number of ether oxygens (including phenoxy) is 1. The highest BCUT2D eigenvalue weighted by Crippen LogP contribution is 2.08. The lowest BCUT2D eigenvalue weighted by atomic mass is 10.2. The van der Waals surface area contributed by atoms with Crippen molar-refractivity contribution in [1.82, 2.24) is 0 Å². The van der Waals surface area contributed by atoms with E-state index in [1.54, 1.807) is 20.8 Å². The molecular weight excluding hydrogens is 236 g/mol. The predicted molar refractivity (Wildman–Crippen MR) is 69.0 cm³/mol. The average Bonchev–Trinajstić information content (AvgIpc) is 2.15. The van der Waals surface area contributed by atoms with E-state index in [1.807, 2.05) is 30.3 Å². The Hall–Kier alpha value is -1.16. The summed E-state index contributed by atoms with van der Waals surface area (Å²) in [6.07, 6.45) is 0. The molecule has 0 saturated carbocycles. The van der Waals surface area contributed by atoms with E-state index in [-0.39, 0.29) is 5.75 Å². The topological polar surface area (TPSA) is 43.4 Å². The van der Waals surface area contributed by atoms with Crippen molar-refractivity contribution in [2.24, 2.45) is 0 Å². The van der Waals surface area contributed by atoms with Gasteiger partial charge in [-0.25, -0.2) is 0 Å². The molecule has 0 fully saturated rings. The van der Waals surface area contributed by atoms with Crippen LogP contribution in [0.15, 0.2) is 30.3 Å². The van der Waals surface area contributed by atoms with Crippen LogP contribution in [0.4, 0.5) is 0 Å². The summed E-state index contributed by atoms with van der Waals surface area (Å²) in [4.78, 5) is 11.4. The Morgan fingerprint density at radius 1 is 1.24 bits per heavy atom. The van der Waals surface area contributed by atoms with Gasteiger partial charge in [0.1, 0.15) is 11.4 Å². The number of carbonyl (C=O) groups excluding carboxylic acids is 1. The first-order valence-corrected chi connectivity index (χ1v) is 6.96. The molecule has 0 saturated heterocycles. The summed E-state index contributed by atoms with van der Waals surface area (Å²) in [6.45, 7) is 5.39. The van der Waals surface area contributed by atoms with Gasteiger partial charge in [0.25, 0.3) is 0 Å². The van der Waals surface area contributed by atoms with E-state index >= 15 is 0 Å². The smallest absolute Gasteiger partial charge is 0.319 e. The van der Waals surface area contributed by atoms with E-state index < -0.39 is 22.4 Å². The first-order chi connectivity index (χ1) is 7.87. The van der Waals surface area contributed by atoms with Gasteiger partial charge in [0.15, 0.2) is 0 Å². The molecule has 0 spiro atoms. The number of rotatable bonds is 4. The summed E-state index contributed by atoms with van der Waals surface area (Å²) in [7, 11) is -1.21. The standard InChI is InChI=1S/C13H18O3S/c1-13(2,3)16-12(14)10-17(15)9-11-7-5-4-6-8-11/h4-8H,9-10H2,1-3H3/t17-/m1/s1. The van der Waals surface area contributed by atoms with Crippen molar-refractivity contribution >= 4 is 16.8 Å². The van der Waals surface area contributed by atoms with E-state index in [9.17, 15) is 9.00 Å². The zero-order chi connectivity index (χ0) is 12.9. The molecule has 0 amide bonds. The molecule has 3 nitrogen and oxygen atoms in total. The summed E-state index contributed by atoms with van der Waals surface area (Å²) in [5, 5.41) is 0. The first kappa shape index (κ1) is 13.9. The van der Waals surface area contributed by atoms with Crippen LogP contribution in [-0.2, 0) is 26.1 Å². The zero-order valence-corrected chi connectivity index (χ0v) is 11.3. The lowest BCUT2D eigenvalue weighted by molar-refractivity contribution is -0.151. The molecule has 0 bridgehead atoms. The SMILES string of the molecule is CC(C)(C)OC(=O)C[S@](=O)Cc1ccccc1. The lowest BCUT2D eigenvalue weighted by Gasteiger charge is -2.19. The van der Waals surface area contributed by atoms with Crippen LogP contribution in [-0.4, -0.2) is 21.5 Å². The summed E-state index contributed by atoms with van der Waals surface area (Å²) < 4.78 is 16.8. The van der Waals surface area contributed by atoms with Crippen LogP contribution >= 0.6 is 0 Å². The Balaban J connectivity index is 2.43. The molecule has 0 aliphatic rings. The number of hydrogen-bond acceptors (Lipinski definition) is 3. The number of benzene rings is 1. The number of carbonyl (C=O) groups is 1. The Morgan fingerprint density at radius 2 is 1.82 bits per heavy atom. The van der Waals surface area contributed by atoms with Gasteiger partial charge < -0.3 is 4.74 Å². The molecule has 0 aliphatic carbocycles. The van der Waals surface area contributed by atoms with Gasteiger partial charge >= 0.3 is 5.97 Å². The third kappa shape index (κ3) is 6.22. The maximum Gasteiger partial charge on any atom is 0.319 e. The molecule has 94 valence electrons. The maximum atomic E-state index is 11.7. The van der Waals surface area contributed by atoms with Crippen molar-refractivity contribution in [1.29, 1.82) is 0 Å². The van der Waals surface area contributed by atoms with E-state index in [1.165, 1.54) is 0 Å². The van der Waals surface area contributed by atoms with Crippen molar-refractivity contribution in [2.45, 2.75) is 32.1 Å². The van der Waals surface area contributed by atoms with Crippen molar-refractivity contribution in [3.8, 4) is 0 Å². The Morgan fingerprint density at radius 3 is 2.35 bits per heavy atom. The van der Waals surface area contributed by atoms with Gasteiger partial charge in [-0.05, 0) is 26.3 Å². The minimum Gasteiger partial charge on any atom is -0.459 e. The van der Waals surface area contributed by atoms with Crippen LogP contribution in [0.1, 0.15) is 26.3 Å². The molecule has 1 aromatic carbocycles. The molecule has 0 unspecified atom stereocenters. The van der Waals surface area contributed by atoms with Gasteiger partial charge in [0, 0.05) is 16.6 Å². The van der Waals surface area contributed by atoms with Crippen molar-refractivity contribution < 1.29 is 13.7 Å². The van der Waals surface area contributed by atoms with Crippen LogP contribution in [0.25, 0.3) is 0 Å². The second-order valence-corrected chi connectivity index (χ2v) is 6.26. The maximum absolute atomic E-state index is 11.7. The van der Waals surface area contributed by atoms with Crippen molar-refractivity contribution in [2.75, 3.05) is 5.75 Å². The summed E-state index contributed by atoms with van der Waals surface area (Å²) in [5.74, 6) is -0.0709. The normalized spacial score (nSPS) is 13.1. The molecule has 0 aromatic heterocycles. The van der Waals surface area contributed by atoms with Crippen molar-refractivity contribution in [3.63, 3.8) is 0 Å². The third-order valence-corrected chi connectivity index (χ3v) is 3.08. The van der Waals surface area contributed by atoms with Gasteiger partial charge in [0.05, 0.1) is 0 Å². The molecule has 1 rings (SSSR count). The molecule has 0 N–H and O–H groups in total. The van der Waals surface area contributed by atoms with Gasteiger partial charge in [-0.1, -0.05) is 30.3 Å². The van der Waals surface area contributed by atoms with E-state index in [0.717, 1.165) is 5.56 Å². The first-order valence-electron chi connectivity index (χ1n) is 5.47. The second-order valence-electron chi connectivity index (χ2n) is 4.80. The Bertz CT molecular complexity index is 393. The lowest BCUT2D eigenvalue weighted by Crippen LogP contribution is -2.27. The van der Waals surface area contributed by atoms with Crippen LogP contribution in [0, 0.1) is 0 Å². The van der Waals surface area contributed by atoms with Gasteiger partial charge in [-0.3, -0.25) is 9.00 Å². The highest BCUT2D eigenvalue weighted by atomic mass is 32.2. The summed E-state index contributed by atoms with van der Waals surface area (Å²) in [5.41, 5.74) is 0.447. The van der Waals surface area contributed by atoms with E-state index in [2.05, 4.69) is 0 Å². The summed E-state index contributed by atoms with van der Waals surface area (Å²) in [6, 6.07) is 9.47. The molecule has 0 aliphatic heterocycles. The van der Waals surface area contributed by atoms with Crippen molar-refractivity contribution in [3.05, 3.63) is 35.9 Å². The molecule has 17 heavy (non-hydrogen) atoms. The van der Waals surface area contributed by atoms with Gasteiger partial charge in [-0.2, -0.15) is 0 Å². The minimum atomic E-state index is -1.21. The number of hydrogen-bond donors (Lipinski definition) is 0. The molecule has 0 heterocycles. The Labute approximate surface area is 105 Å². The quantitative estimate of drug-likeness (QED) is 0.774. The van der Waals surface area contributed by atoms with Crippen LogP contribution in [0.2, 0.25) is 0 Å². The fourth-order valence-electron chi connectivity index (χ4n) is 1.31. The highest BCUT2D eigenvalue weighted by Gasteiger charge is 2.18. The van der Waals surface area contributed by atoms with Crippen LogP contribution in [0.3, 0.4) is 0 Å². The van der Waals surface area contributed by atoms with Crippen LogP contribution in [0.5, 0.6) is 0 Å². The molecule has 1 aromatic rings. The highest BCUT2D eigenvalue weighted by molar-refractivity contribution is 7.84. The van der Waals surface area contributed by atoms with E-state index in [4.69, 9.17) is 4.74 Å². The third-order valence-electron chi connectivity index (χ3n) is 1.87. The van der Waals surface area contributed by atoms with E-state index in [0.29, 0.717) is 5.75 Å². The Kier molecular flexibility index (Phi) is 4.87. The summed E-state index contributed by atoms with van der Waals surface area (Å²) >= 11 is 0. The molecule has 4 heteroatoms. The second kappa shape index (κ2) is 5.96. The predicted octanol–water partition coefficient (Wildman–Crippen LogP) is 2.28. The minimum absolute atomic E-state index is 0.0494. The number of esters is 1. The largest absolute Gasteiger partial charge is 0.459 e.